The van der Waals surface area contributed by atoms with E-state index in [0.717, 1.165) is 18.0 Å². The van der Waals surface area contributed by atoms with Gasteiger partial charge in [-0.15, -0.1) is 0 Å². The summed E-state index contributed by atoms with van der Waals surface area (Å²) in [6.07, 6.45) is 5.55. The molecular formula is C23H23N3O. The summed E-state index contributed by atoms with van der Waals surface area (Å²) in [6, 6.07) is 21.6. The van der Waals surface area contributed by atoms with Crippen LogP contribution in [0.1, 0.15) is 24.1 Å². The molecule has 3 aromatic carbocycles. The minimum atomic E-state index is 0.272. The molecule has 0 saturated carbocycles. The third-order valence-corrected chi connectivity index (χ3v) is 4.92. The summed E-state index contributed by atoms with van der Waals surface area (Å²) in [5, 5.41) is 6.04. The number of nitrogens with one attached hydrogen (secondary N) is 1. The number of ether oxygens (including phenoxy) is 1. The maximum Gasteiger partial charge on any atom is 0.119 e. The molecule has 1 N–H and O–H groups in total. The van der Waals surface area contributed by atoms with Gasteiger partial charge in [-0.2, -0.15) is 0 Å². The standard InChI is InChI=1S/C23H23N3O/c1-17(19-5-8-22(9-6-19)26-12-11-24-16-26)25-15-18-3-4-21-14-23(27-2)10-7-20(21)13-18/h3-14,16-17,25H,15H2,1-2H3. The summed E-state index contributed by atoms with van der Waals surface area (Å²) in [6.45, 7) is 3.02. The van der Waals surface area contributed by atoms with Crippen LogP contribution in [0.4, 0.5) is 0 Å². The molecular weight excluding hydrogens is 334 g/mol. The van der Waals surface area contributed by atoms with Gasteiger partial charge in [-0.25, -0.2) is 4.98 Å². The Labute approximate surface area is 159 Å². The first-order chi connectivity index (χ1) is 13.2. The van der Waals surface area contributed by atoms with E-state index in [1.54, 1.807) is 13.3 Å². The summed E-state index contributed by atoms with van der Waals surface area (Å²) < 4.78 is 7.30. The van der Waals surface area contributed by atoms with Crippen molar-refractivity contribution < 1.29 is 4.74 Å². The van der Waals surface area contributed by atoms with E-state index in [9.17, 15) is 0 Å². The fraction of sp³-hybridized carbons (Fsp3) is 0.174. The molecule has 0 aliphatic rings. The van der Waals surface area contributed by atoms with Gasteiger partial charge in [0.25, 0.3) is 0 Å². The van der Waals surface area contributed by atoms with Crippen molar-refractivity contribution in [3.63, 3.8) is 0 Å². The predicted octanol–water partition coefficient (Wildman–Crippen LogP) is 4.88. The molecule has 1 heterocycles. The van der Waals surface area contributed by atoms with Crippen LogP contribution in [-0.4, -0.2) is 16.7 Å². The van der Waals surface area contributed by atoms with Crippen LogP contribution in [0.25, 0.3) is 16.5 Å². The van der Waals surface area contributed by atoms with Crippen LogP contribution < -0.4 is 10.1 Å². The van der Waals surface area contributed by atoms with Crippen molar-refractivity contribution in [1.82, 2.24) is 14.9 Å². The number of nitrogens with zero attached hydrogens (tertiary/aromatic N) is 2. The van der Waals surface area contributed by atoms with Gasteiger partial charge < -0.3 is 14.6 Å². The van der Waals surface area contributed by atoms with Gasteiger partial charge in [0.1, 0.15) is 5.75 Å². The van der Waals surface area contributed by atoms with Crippen LogP contribution in [-0.2, 0) is 6.54 Å². The number of methoxy groups -OCH3 is 1. The second-order valence-corrected chi connectivity index (χ2v) is 6.71. The maximum atomic E-state index is 5.30. The highest BCUT2D eigenvalue weighted by Crippen LogP contribution is 2.22. The van der Waals surface area contributed by atoms with Crippen LogP contribution >= 0.6 is 0 Å². The number of benzene rings is 3. The normalized spacial score (nSPS) is 12.2. The lowest BCUT2D eigenvalue weighted by atomic mass is 10.1. The first-order valence-corrected chi connectivity index (χ1v) is 9.11. The lowest BCUT2D eigenvalue weighted by molar-refractivity contribution is 0.415. The van der Waals surface area contributed by atoms with Gasteiger partial charge >= 0.3 is 0 Å². The Morgan fingerprint density at radius 2 is 1.78 bits per heavy atom. The molecule has 0 saturated heterocycles. The summed E-state index contributed by atoms with van der Waals surface area (Å²) in [7, 11) is 1.70. The van der Waals surface area contributed by atoms with Crippen molar-refractivity contribution in [3.8, 4) is 11.4 Å². The summed E-state index contributed by atoms with van der Waals surface area (Å²) >= 11 is 0. The Morgan fingerprint density at radius 3 is 2.52 bits per heavy atom. The van der Waals surface area contributed by atoms with Crippen LogP contribution in [0.5, 0.6) is 5.75 Å². The molecule has 0 bridgehead atoms. The number of imidazole rings is 1. The third-order valence-electron chi connectivity index (χ3n) is 4.92. The summed E-state index contributed by atoms with van der Waals surface area (Å²) in [5.41, 5.74) is 3.66. The van der Waals surface area contributed by atoms with Crippen LogP contribution in [0, 0.1) is 0 Å². The molecule has 0 spiro atoms. The topological polar surface area (TPSA) is 39.1 Å². The zero-order chi connectivity index (χ0) is 18.6. The van der Waals surface area contributed by atoms with Crippen molar-refractivity contribution in [3.05, 3.63) is 90.5 Å². The second kappa shape index (κ2) is 7.64. The lowest BCUT2D eigenvalue weighted by Crippen LogP contribution is -2.18. The molecule has 27 heavy (non-hydrogen) atoms. The van der Waals surface area contributed by atoms with E-state index in [-0.39, 0.29) is 6.04 Å². The van der Waals surface area contributed by atoms with Crippen molar-refractivity contribution in [1.29, 1.82) is 0 Å². The van der Waals surface area contributed by atoms with E-state index in [1.807, 2.05) is 23.2 Å². The maximum absolute atomic E-state index is 5.30. The number of rotatable bonds is 6. The average molecular weight is 357 g/mol. The van der Waals surface area contributed by atoms with Gasteiger partial charge in [0, 0.05) is 30.7 Å². The predicted molar refractivity (Wildman–Crippen MR) is 109 cm³/mol. The first-order valence-electron chi connectivity index (χ1n) is 9.11. The Balaban J connectivity index is 1.42. The van der Waals surface area contributed by atoms with Crippen molar-refractivity contribution in [2.45, 2.75) is 19.5 Å². The summed E-state index contributed by atoms with van der Waals surface area (Å²) in [5.74, 6) is 0.890. The van der Waals surface area contributed by atoms with Gasteiger partial charge in [-0.3, -0.25) is 0 Å². The molecule has 4 rings (SSSR count). The highest BCUT2D eigenvalue weighted by molar-refractivity contribution is 5.84. The Morgan fingerprint density at radius 1 is 1.00 bits per heavy atom. The minimum Gasteiger partial charge on any atom is -0.497 e. The molecule has 0 aliphatic carbocycles. The Bertz CT molecular complexity index is 1020. The molecule has 4 aromatic rings. The molecule has 4 heteroatoms. The number of hydrogen-bond donors (Lipinski definition) is 1. The van der Waals surface area contributed by atoms with Gasteiger partial charge in [0.15, 0.2) is 0 Å². The number of aromatic nitrogens is 2. The van der Waals surface area contributed by atoms with Gasteiger partial charge in [-0.1, -0.05) is 30.3 Å². The van der Waals surface area contributed by atoms with Gasteiger partial charge in [0.2, 0.25) is 0 Å². The van der Waals surface area contributed by atoms with Gasteiger partial charge in [-0.05, 0) is 59.2 Å². The Kier molecular flexibility index (Phi) is 4.90. The largest absolute Gasteiger partial charge is 0.497 e. The van der Waals surface area contributed by atoms with Crippen LogP contribution in [0.2, 0.25) is 0 Å². The molecule has 136 valence electrons. The van der Waals surface area contributed by atoms with Crippen molar-refractivity contribution in [2.24, 2.45) is 0 Å². The van der Waals surface area contributed by atoms with Crippen molar-refractivity contribution in [2.75, 3.05) is 7.11 Å². The molecule has 0 radical (unpaired) electrons. The molecule has 1 unspecified atom stereocenters. The Hall–Kier alpha value is -3.11. The van der Waals surface area contributed by atoms with Crippen LogP contribution in [0.15, 0.2) is 79.4 Å². The average Bonchev–Trinajstić information content (AvgIpc) is 3.26. The fourth-order valence-electron chi connectivity index (χ4n) is 3.25. The molecule has 4 nitrogen and oxygen atoms in total. The second-order valence-electron chi connectivity index (χ2n) is 6.71. The number of fused-ring (bicyclic) bond motifs is 1. The monoisotopic (exact) mass is 357 g/mol. The molecule has 0 amide bonds. The lowest BCUT2D eigenvalue weighted by Gasteiger charge is -2.15. The van der Waals surface area contributed by atoms with E-state index in [2.05, 4.69) is 71.8 Å². The minimum absolute atomic E-state index is 0.272. The van der Waals surface area contributed by atoms with E-state index in [1.165, 1.54) is 21.9 Å². The highest BCUT2D eigenvalue weighted by Gasteiger charge is 2.06. The van der Waals surface area contributed by atoms with Crippen molar-refractivity contribution >= 4 is 10.8 Å². The van der Waals surface area contributed by atoms with E-state index in [0.29, 0.717) is 0 Å². The third kappa shape index (κ3) is 3.86. The van der Waals surface area contributed by atoms with Gasteiger partial charge in [0.05, 0.1) is 13.4 Å². The molecule has 1 atom stereocenters. The number of hydrogen-bond acceptors (Lipinski definition) is 3. The van der Waals surface area contributed by atoms with Crippen LogP contribution in [0.3, 0.4) is 0 Å². The first kappa shape index (κ1) is 17.3. The quantitative estimate of drug-likeness (QED) is 0.534. The summed E-state index contributed by atoms with van der Waals surface area (Å²) in [4.78, 5) is 4.09. The SMILES string of the molecule is COc1ccc2cc(CNC(C)c3ccc(-n4ccnc4)cc3)ccc2c1. The smallest absolute Gasteiger partial charge is 0.119 e. The molecule has 0 fully saturated rings. The zero-order valence-electron chi connectivity index (χ0n) is 15.6. The van der Waals surface area contributed by atoms with E-state index >= 15 is 0 Å². The zero-order valence-corrected chi connectivity index (χ0v) is 15.6. The molecule has 0 aliphatic heterocycles. The molecule has 1 aromatic heterocycles. The highest BCUT2D eigenvalue weighted by atomic mass is 16.5. The van der Waals surface area contributed by atoms with E-state index < -0.39 is 0 Å². The van der Waals surface area contributed by atoms with E-state index in [4.69, 9.17) is 4.74 Å². The fourth-order valence-corrected chi connectivity index (χ4v) is 3.25.